The van der Waals surface area contributed by atoms with Crippen molar-refractivity contribution in [3.8, 4) is 5.75 Å². The molecule has 1 aromatic carbocycles. The molecule has 0 radical (unpaired) electrons. The average molecular weight is 257 g/mol. The van der Waals surface area contributed by atoms with Crippen LogP contribution in [0.15, 0.2) is 18.2 Å². The van der Waals surface area contributed by atoms with Gasteiger partial charge in [-0.1, -0.05) is 6.07 Å². The van der Waals surface area contributed by atoms with Crippen LogP contribution >= 0.6 is 0 Å². The summed E-state index contributed by atoms with van der Waals surface area (Å²) in [7, 11) is 0. The second-order valence-corrected chi connectivity index (χ2v) is 3.70. The molecule has 5 nitrogen and oxygen atoms in total. The van der Waals surface area contributed by atoms with Crippen molar-refractivity contribution in [2.45, 2.75) is 19.4 Å². The van der Waals surface area contributed by atoms with Crippen LogP contribution in [-0.4, -0.2) is 29.5 Å². The lowest BCUT2D eigenvalue weighted by atomic mass is 10.2. The summed E-state index contributed by atoms with van der Waals surface area (Å²) in [5.41, 5.74) is 0.528. The van der Waals surface area contributed by atoms with Crippen molar-refractivity contribution in [3.05, 3.63) is 29.6 Å². The molecule has 100 valence electrons. The molecule has 0 saturated heterocycles. The van der Waals surface area contributed by atoms with Crippen LogP contribution in [-0.2, 0) is 6.61 Å². The van der Waals surface area contributed by atoms with Crippen molar-refractivity contribution in [1.82, 2.24) is 5.32 Å². The number of rotatable bonds is 7. The first kappa shape index (κ1) is 14.2. The molecule has 0 unspecified atom stereocenters. The molecule has 0 aliphatic rings. The van der Waals surface area contributed by atoms with E-state index >= 15 is 0 Å². The number of ether oxygens (including phenoxy) is 1. The minimum absolute atomic E-state index is 0.212. The van der Waals surface area contributed by atoms with Crippen molar-refractivity contribution in [2.75, 3.05) is 13.2 Å². The van der Waals surface area contributed by atoms with Crippen molar-refractivity contribution in [1.29, 1.82) is 0 Å². The van der Waals surface area contributed by atoms with E-state index < -0.39 is 11.9 Å². The zero-order chi connectivity index (χ0) is 13.4. The van der Waals surface area contributed by atoms with Crippen molar-refractivity contribution in [3.63, 3.8) is 0 Å². The number of carboxylic acid groups (broad SMARTS) is 1. The van der Waals surface area contributed by atoms with Gasteiger partial charge in [0.25, 0.3) is 0 Å². The molecule has 3 N–H and O–H groups in total. The Bertz CT molecular complexity index is 398. The minimum atomic E-state index is -1.05. The van der Waals surface area contributed by atoms with Gasteiger partial charge in [0.1, 0.15) is 11.6 Å². The molecule has 1 aromatic rings. The maximum Gasteiger partial charge on any atom is 0.404 e. The SMILES string of the molecule is O=C(O)NCCCCOc1cc(F)ccc1CO. The summed E-state index contributed by atoms with van der Waals surface area (Å²) < 4.78 is 18.3. The third kappa shape index (κ3) is 5.01. The molecule has 1 rings (SSSR count). The Morgan fingerprint density at radius 1 is 1.39 bits per heavy atom. The van der Waals surface area contributed by atoms with E-state index in [1.54, 1.807) is 0 Å². The van der Waals surface area contributed by atoms with Gasteiger partial charge in [-0.2, -0.15) is 0 Å². The molecule has 0 aliphatic heterocycles. The van der Waals surface area contributed by atoms with Gasteiger partial charge in [-0.05, 0) is 18.9 Å². The first-order chi connectivity index (χ1) is 8.63. The van der Waals surface area contributed by atoms with E-state index in [1.807, 2.05) is 0 Å². The lowest BCUT2D eigenvalue weighted by Gasteiger charge is -2.10. The summed E-state index contributed by atoms with van der Waals surface area (Å²) in [6.07, 6.45) is 0.223. The highest BCUT2D eigenvalue weighted by molar-refractivity contribution is 5.64. The summed E-state index contributed by atoms with van der Waals surface area (Å²) in [5.74, 6) is -0.0987. The predicted molar refractivity (Wildman–Crippen MR) is 63.1 cm³/mol. The van der Waals surface area contributed by atoms with Gasteiger partial charge in [0, 0.05) is 18.2 Å². The first-order valence-corrected chi connectivity index (χ1v) is 5.62. The number of unbranched alkanes of at least 4 members (excludes halogenated alkanes) is 1. The Morgan fingerprint density at radius 3 is 2.83 bits per heavy atom. The van der Waals surface area contributed by atoms with Gasteiger partial charge in [0.2, 0.25) is 0 Å². The Morgan fingerprint density at radius 2 is 2.17 bits per heavy atom. The molecule has 0 atom stereocenters. The third-order valence-corrected chi connectivity index (χ3v) is 2.30. The topological polar surface area (TPSA) is 78.8 Å². The monoisotopic (exact) mass is 257 g/mol. The molecule has 0 aromatic heterocycles. The van der Waals surface area contributed by atoms with Crippen LogP contribution in [0.4, 0.5) is 9.18 Å². The van der Waals surface area contributed by atoms with Crippen molar-refractivity contribution >= 4 is 6.09 Å². The molecular weight excluding hydrogens is 241 g/mol. The maximum absolute atomic E-state index is 13.0. The number of aliphatic hydroxyl groups excluding tert-OH is 1. The largest absolute Gasteiger partial charge is 0.493 e. The molecule has 0 fully saturated rings. The molecule has 1 amide bonds. The lowest BCUT2D eigenvalue weighted by molar-refractivity contribution is 0.193. The van der Waals surface area contributed by atoms with Crippen LogP contribution in [0.3, 0.4) is 0 Å². The van der Waals surface area contributed by atoms with E-state index in [2.05, 4.69) is 5.32 Å². The quantitative estimate of drug-likeness (QED) is 0.650. The van der Waals surface area contributed by atoms with Gasteiger partial charge < -0.3 is 20.3 Å². The molecule has 0 bridgehead atoms. The van der Waals surface area contributed by atoms with Gasteiger partial charge in [0.15, 0.2) is 0 Å². The Balaban J connectivity index is 2.30. The highest BCUT2D eigenvalue weighted by Crippen LogP contribution is 2.20. The highest BCUT2D eigenvalue weighted by Gasteiger charge is 2.04. The van der Waals surface area contributed by atoms with E-state index in [0.717, 1.165) is 0 Å². The summed E-state index contributed by atoms with van der Waals surface area (Å²) in [6, 6.07) is 3.95. The average Bonchev–Trinajstić information content (AvgIpc) is 2.33. The number of halogens is 1. The fraction of sp³-hybridized carbons (Fsp3) is 0.417. The molecule has 0 heterocycles. The van der Waals surface area contributed by atoms with Gasteiger partial charge >= 0.3 is 6.09 Å². The Labute approximate surface area is 104 Å². The maximum atomic E-state index is 13.0. The standard InChI is InChI=1S/C12H16FNO4/c13-10-4-3-9(8-15)11(7-10)18-6-2-1-5-14-12(16)17/h3-4,7,14-15H,1-2,5-6,8H2,(H,16,17). The number of nitrogens with one attached hydrogen (secondary N) is 1. The molecule has 0 aliphatic carbocycles. The Hall–Kier alpha value is -1.82. The van der Waals surface area contributed by atoms with E-state index in [-0.39, 0.29) is 6.61 Å². The highest BCUT2D eigenvalue weighted by atomic mass is 19.1. The van der Waals surface area contributed by atoms with Gasteiger partial charge in [-0.25, -0.2) is 9.18 Å². The number of amides is 1. The number of hydrogen-bond donors (Lipinski definition) is 3. The second kappa shape index (κ2) is 7.50. The van der Waals surface area contributed by atoms with Crippen LogP contribution in [0.5, 0.6) is 5.75 Å². The minimum Gasteiger partial charge on any atom is -0.493 e. The molecule has 18 heavy (non-hydrogen) atoms. The normalized spacial score (nSPS) is 10.1. The van der Waals surface area contributed by atoms with E-state index in [1.165, 1.54) is 18.2 Å². The fourth-order valence-electron chi connectivity index (χ4n) is 1.40. The summed E-state index contributed by atoms with van der Waals surface area (Å²) in [4.78, 5) is 10.2. The number of aliphatic hydroxyl groups is 1. The predicted octanol–water partition coefficient (Wildman–Crippen LogP) is 1.74. The van der Waals surface area contributed by atoms with E-state index in [0.29, 0.717) is 37.3 Å². The summed E-state index contributed by atoms with van der Waals surface area (Å²) in [5, 5.41) is 19.6. The van der Waals surface area contributed by atoms with E-state index in [9.17, 15) is 9.18 Å². The van der Waals surface area contributed by atoms with E-state index in [4.69, 9.17) is 14.9 Å². The summed E-state index contributed by atoms with van der Waals surface area (Å²) in [6.45, 7) is 0.489. The van der Waals surface area contributed by atoms with Gasteiger partial charge in [0.05, 0.1) is 13.2 Å². The van der Waals surface area contributed by atoms with Gasteiger partial charge in [-0.15, -0.1) is 0 Å². The zero-order valence-electron chi connectivity index (χ0n) is 9.86. The number of carbonyl (C=O) groups is 1. The molecular formula is C12H16FNO4. The molecule has 0 saturated carbocycles. The molecule has 6 heteroatoms. The number of hydrogen-bond acceptors (Lipinski definition) is 3. The van der Waals surface area contributed by atoms with Crippen LogP contribution in [0, 0.1) is 5.82 Å². The fourth-order valence-corrected chi connectivity index (χ4v) is 1.40. The molecule has 0 spiro atoms. The number of benzene rings is 1. The van der Waals surface area contributed by atoms with Crippen LogP contribution in [0.25, 0.3) is 0 Å². The smallest absolute Gasteiger partial charge is 0.404 e. The van der Waals surface area contributed by atoms with Crippen molar-refractivity contribution < 1.29 is 24.1 Å². The van der Waals surface area contributed by atoms with Crippen LogP contribution in [0.1, 0.15) is 18.4 Å². The van der Waals surface area contributed by atoms with Crippen LogP contribution < -0.4 is 10.1 Å². The van der Waals surface area contributed by atoms with Crippen LogP contribution in [0.2, 0.25) is 0 Å². The summed E-state index contributed by atoms with van der Waals surface area (Å²) >= 11 is 0. The van der Waals surface area contributed by atoms with Crippen molar-refractivity contribution in [2.24, 2.45) is 0 Å². The first-order valence-electron chi connectivity index (χ1n) is 5.62. The zero-order valence-corrected chi connectivity index (χ0v) is 9.86. The second-order valence-electron chi connectivity index (χ2n) is 3.70. The third-order valence-electron chi connectivity index (χ3n) is 2.30. The van der Waals surface area contributed by atoms with Gasteiger partial charge in [-0.3, -0.25) is 0 Å². The lowest BCUT2D eigenvalue weighted by Crippen LogP contribution is -2.22. The Kier molecular flexibility index (Phi) is 5.93.